The van der Waals surface area contributed by atoms with Crippen molar-refractivity contribution in [3.63, 3.8) is 0 Å². The van der Waals surface area contributed by atoms with Crippen molar-refractivity contribution in [1.29, 1.82) is 0 Å². The van der Waals surface area contributed by atoms with Gasteiger partial charge in [-0.05, 0) is 42.4 Å². The summed E-state index contributed by atoms with van der Waals surface area (Å²) >= 11 is 21.9. The highest BCUT2D eigenvalue weighted by Crippen LogP contribution is 2.24. The minimum atomic E-state index is 0.402. The van der Waals surface area contributed by atoms with E-state index in [4.69, 9.17) is 0 Å². The van der Waals surface area contributed by atoms with E-state index in [2.05, 4.69) is 63.1 Å². The minimum Gasteiger partial charge on any atom is -0.179 e. The van der Waals surface area contributed by atoms with Crippen LogP contribution < -0.4 is 0 Å². The van der Waals surface area contributed by atoms with Crippen molar-refractivity contribution in [3.05, 3.63) is 0 Å². The molecule has 0 saturated carbocycles. The summed E-state index contributed by atoms with van der Waals surface area (Å²) in [5.74, 6) is 3.21. The summed E-state index contributed by atoms with van der Waals surface area (Å²) in [5, 5.41) is 0.832. The van der Waals surface area contributed by atoms with Crippen LogP contribution in [0, 0.1) is 5.92 Å². The van der Waals surface area contributed by atoms with Crippen LogP contribution in [0.15, 0.2) is 0 Å². The molecule has 0 aromatic carbocycles. The molecule has 0 heterocycles. The predicted molar refractivity (Wildman–Crippen MR) is 84.4 cm³/mol. The van der Waals surface area contributed by atoms with Crippen molar-refractivity contribution in [2.75, 3.05) is 17.3 Å². The van der Waals surface area contributed by atoms with E-state index in [1.165, 1.54) is 0 Å². The molecule has 0 spiro atoms. The zero-order valence-corrected chi connectivity index (χ0v) is 12.7. The van der Waals surface area contributed by atoms with Gasteiger partial charge in [-0.1, -0.05) is 0 Å². The van der Waals surface area contributed by atoms with Gasteiger partial charge in [0.05, 0.1) is 0 Å². The fourth-order valence-corrected chi connectivity index (χ4v) is 3.66. The number of hydrogen-bond acceptors (Lipinski definition) is 5. The Morgan fingerprint density at radius 1 is 0.857 bits per heavy atom. The topological polar surface area (TPSA) is 0 Å². The number of rotatable bonds is 8. The molecule has 0 aliphatic rings. The third-order valence-electron chi connectivity index (χ3n) is 2.24. The molecule has 0 aliphatic carbocycles. The minimum absolute atomic E-state index is 0.402. The van der Waals surface area contributed by atoms with Crippen LogP contribution in [0.4, 0.5) is 0 Å². The highest BCUT2D eigenvalue weighted by atomic mass is 32.1. The first kappa shape index (κ1) is 15.8. The Hall–Kier alpha value is 1.75. The van der Waals surface area contributed by atoms with Gasteiger partial charge in [-0.15, -0.1) is 0 Å². The summed E-state index contributed by atoms with van der Waals surface area (Å²) in [5.41, 5.74) is 0. The molecule has 5 heteroatoms. The molecule has 0 amide bonds. The molecule has 0 saturated heterocycles. The molecule has 3 atom stereocenters. The van der Waals surface area contributed by atoms with Gasteiger partial charge >= 0.3 is 0 Å². The quantitative estimate of drug-likeness (QED) is 0.416. The van der Waals surface area contributed by atoms with Crippen molar-refractivity contribution >= 4 is 63.1 Å². The van der Waals surface area contributed by atoms with Crippen LogP contribution in [0.2, 0.25) is 0 Å². The predicted octanol–water partition coefficient (Wildman–Crippen LogP) is 3.16. The summed E-state index contributed by atoms with van der Waals surface area (Å²) in [7, 11) is 0. The zero-order valence-electron chi connectivity index (χ0n) is 8.21. The number of thiol groups is 5. The van der Waals surface area contributed by atoms with Gasteiger partial charge in [0.2, 0.25) is 0 Å². The maximum Gasteiger partial charge on any atom is 0.00610 e. The van der Waals surface area contributed by atoms with Gasteiger partial charge in [-0.3, -0.25) is 0 Å². The van der Waals surface area contributed by atoms with Crippen molar-refractivity contribution in [1.82, 2.24) is 0 Å². The molecule has 0 aliphatic heterocycles. The molecular formula is C9H20S5. The van der Waals surface area contributed by atoms with E-state index >= 15 is 0 Å². The second kappa shape index (κ2) is 9.94. The lowest BCUT2D eigenvalue weighted by Gasteiger charge is -2.23. The molecule has 86 valence electrons. The Morgan fingerprint density at radius 3 is 1.86 bits per heavy atom. The molecule has 0 bridgehead atoms. The summed E-state index contributed by atoms with van der Waals surface area (Å²) in [4.78, 5) is 0. The monoisotopic (exact) mass is 288 g/mol. The maximum atomic E-state index is 4.58. The third-order valence-corrected chi connectivity index (χ3v) is 4.37. The summed E-state index contributed by atoms with van der Waals surface area (Å²) in [6, 6.07) is 0. The van der Waals surface area contributed by atoms with Gasteiger partial charge < -0.3 is 0 Å². The molecule has 0 aromatic rings. The van der Waals surface area contributed by atoms with E-state index in [9.17, 15) is 0 Å². The van der Waals surface area contributed by atoms with E-state index in [0.29, 0.717) is 16.4 Å². The molecule has 0 aromatic heterocycles. The Labute approximate surface area is 115 Å². The molecule has 0 radical (unpaired) electrons. The van der Waals surface area contributed by atoms with Crippen molar-refractivity contribution in [3.8, 4) is 0 Å². The Bertz CT molecular complexity index is 130. The molecule has 3 unspecified atom stereocenters. The largest absolute Gasteiger partial charge is 0.179 e. The molecule has 0 N–H and O–H groups in total. The van der Waals surface area contributed by atoms with E-state index in [1.807, 2.05) is 0 Å². The molecule has 0 fully saturated rings. The van der Waals surface area contributed by atoms with E-state index < -0.39 is 0 Å². The highest BCUT2D eigenvalue weighted by Gasteiger charge is 2.18. The number of hydrogen-bond donors (Lipinski definition) is 5. The third kappa shape index (κ3) is 7.09. The maximum absolute atomic E-state index is 4.58. The van der Waals surface area contributed by atoms with Gasteiger partial charge in [0, 0.05) is 10.5 Å². The van der Waals surface area contributed by atoms with Crippen molar-refractivity contribution in [2.24, 2.45) is 5.92 Å². The van der Waals surface area contributed by atoms with Gasteiger partial charge in [0.25, 0.3) is 0 Å². The first-order chi connectivity index (χ1) is 6.65. The Morgan fingerprint density at radius 2 is 1.43 bits per heavy atom. The van der Waals surface area contributed by atoms with E-state index in [-0.39, 0.29) is 0 Å². The van der Waals surface area contributed by atoms with Gasteiger partial charge in [0.15, 0.2) is 0 Å². The molecule has 14 heavy (non-hydrogen) atoms. The summed E-state index contributed by atoms with van der Waals surface area (Å²) < 4.78 is 0. The van der Waals surface area contributed by atoms with Crippen molar-refractivity contribution in [2.45, 2.75) is 29.8 Å². The normalized spacial score (nSPS) is 17.8. The van der Waals surface area contributed by atoms with Crippen molar-refractivity contribution < 1.29 is 0 Å². The van der Waals surface area contributed by atoms with Gasteiger partial charge in [0.1, 0.15) is 0 Å². The molecule has 0 rings (SSSR count). The van der Waals surface area contributed by atoms with Crippen LogP contribution in [0.3, 0.4) is 0 Å². The standard InChI is InChI=1S/C9H20S5/c10-3-1-8(13)5-7(6-12)9(14)2-4-11/h7-14H,1-6H2. The van der Waals surface area contributed by atoms with Crippen LogP contribution in [0.5, 0.6) is 0 Å². The second-order valence-corrected chi connectivity index (χ2v) is 6.08. The van der Waals surface area contributed by atoms with Crippen LogP contribution in [-0.4, -0.2) is 27.8 Å². The average Bonchev–Trinajstić information content (AvgIpc) is 2.15. The lowest BCUT2D eigenvalue weighted by atomic mass is 9.98. The van der Waals surface area contributed by atoms with Crippen LogP contribution in [0.25, 0.3) is 0 Å². The first-order valence-corrected chi connectivity index (χ1v) is 7.77. The fourth-order valence-electron chi connectivity index (χ4n) is 1.34. The SMILES string of the molecule is SCCC(S)CC(CS)C(S)CCS. The lowest BCUT2D eigenvalue weighted by molar-refractivity contribution is 0.500. The van der Waals surface area contributed by atoms with Crippen LogP contribution in [-0.2, 0) is 0 Å². The molecule has 0 nitrogen and oxygen atoms in total. The Balaban J connectivity index is 3.87. The van der Waals surface area contributed by atoms with Gasteiger partial charge in [-0.2, -0.15) is 63.1 Å². The second-order valence-electron chi connectivity index (χ2n) is 3.42. The van der Waals surface area contributed by atoms with Crippen LogP contribution in [0.1, 0.15) is 19.3 Å². The average molecular weight is 289 g/mol. The first-order valence-electron chi connectivity index (χ1n) is 4.84. The fraction of sp³-hybridized carbons (Fsp3) is 1.00. The van der Waals surface area contributed by atoms with Crippen LogP contribution >= 0.6 is 63.1 Å². The Kier molecular flexibility index (Phi) is 11.2. The zero-order chi connectivity index (χ0) is 11.0. The smallest absolute Gasteiger partial charge is 0.00610 e. The molecular weight excluding hydrogens is 268 g/mol. The van der Waals surface area contributed by atoms with E-state index in [0.717, 1.165) is 36.5 Å². The summed E-state index contributed by atoms with van der Waals surface area (Å²) in [6.45, 7) is 0. The summed E-state index contributed by atoms with van der Waals surface area (Å²) in [6.07, 6.45) is 3.17. The van der Waals surface area contributed by atoms with E-state index in [1.54, 1.807) is 0 Å². The highest BCUT2D eigenvalue weighted by molar-refractivity contribution is 7.82. The lowest BCUT2D eigenvalue weighted by Crippen LogP contribution is -2.21. The van der Waals surface area contributed by atoms with Gasteiger partial charge in [-0.25, -0.2) is 0 Å².